The summed E-state index contributed by atoms with van der Waals surface area (Å²) in [4.78, 5) is 0. The number of hydrogen-bond donors (Lipinski definition) is 0. The van der Waals surface area contributed by atoms with E-state index in [9.17, 15) is 0 Å². The summed E-state index contributed by atoms with van der Waals surface area (Å²) in [6.45, 7) is 17.4. The summed E-state index contributed by atoms with van der Waals surface area (Å²) in [6, 6.07) is 7.02. The van der Waals surface area contributed by atoms with Crippen molar-refractivity contribution in [3.8, 4) is 0 Å². The summed E-state index contributed by atoms with van der Waals surface area (Å²) in [6.07, 6.45) is 5.48. The Hall–Kier alpha value is -1.39. The maximum absolute atomic E-state index is 3.85. The van der Waals surface area contributed by atoms with E-state index in [1.54, 1.807) is 10.9 Å². The van der Waals surface area contributed by atoms with Gasteiger partial charge in [0.2, 0.25) is 0 Å². The quantitative estimate of drug-likeness (QED) is 0.361. The normalized spacial score (nSPS) is 11.4. The Balaban J connectivity index is 2.44. The summed E-state index contributed by atoms with van der Waals surface area (Å²) < 4.78 is 0. The molecule has 0 aliphatic heterocycles. The maximum atomic E-state index is 3.85. The first-order chi connectivity index (χ1) is 11.3. The maximum Gasteiger partial charge on any atom is -0.0165 e. The van der Waals surface area contributed by atoms with Gasteiger partial charge in [-0.25, -0.2) is 0 Å². The fraction of sp³-hybridized carbons (Fsp3) is 0.391. The highest BCUT2D eigenvalue weighted by Gasteiger charge is 2.13. The molecule has 0 fully saturated rings. The van der Waals surface area contributed by atoms with Crippen molar-refractivity contribution >= 4 is 19.2 Å². The van der Waals surface area contributed by atoms with Crippen molar-refractivity contribution in [1.82, 2.24) is 0 Å². The average Bonchev–Trinajstić information content (AvgIpc) is 2.48. The molecule has 1 atom stereocenters. The molecule has 0 nitrogen and oxygen atoms in total. The zero-order valence-electron chi connectivity index (χ0n) is 16.1. The van der Waals surface area contributed by atoms with Crippen molar-refractivity contribution in [2.24, 2.45) is 0 Å². The second-order valence-corrected chi connectivity index (χ2v) is 8.32. The molecule has 0 aliphatic carbocycles. The number of aryl methyl sites for hydroxylation is 5. The van der Waals surface area contributed by atoms with Crippen LogP contribution in [0.4, 0.5) is 0 Å². The van der Waals surface area contributed by atoms with Gasteiger partial charge in [0.1, 0.15) is 0 Å². The van der Waals surface area contributed by atoms with Crippen LogP contribution in [0.15, 0.2) is 30.9 Å². The molecule has 0 bridgehead atoms. The minimum Gasteiger partial charge on any atom is -0.103 e. The highest BCUT2D eigenvalue weighted by atomic mass is 31.1. The Labute approximate surface area is 150 Å². The largest absolute Gasteiger partial charge is 0.103 e. The van der Waals surface area contributed by atoms with Gasteiger partial charge >= 0.3 is 0 Å². The van der Waals surface area contributed by atoms with Gasteiger partial charge in [-0.15, -0.1) is 6.58 Å². The van der Waals surface area contributed by atoms with Crippen molar-refractivity contribution in [2.75, 3.05) is 0 Å². The number of benzene rings is 2. The predicted octanol–water partition coefficient (Wildman–Crippen LogP) is 5.68. The van der Waals surface area contributed by atoms with Crippen LogP contribution in [0.1, 0.15) is 51.8 Å². The number of hydrogen-bond acceptors (Lipinski definition) is 0. The van der Waals surface area contributed by atoms with E-state index in [1.165, 1.54) is 45.1 Å². The van der Waals surface area contributed by atoms with Gasteiger partial charge in [0.15, 0.2) is 0 Å². The standard InChI is InChI=1S/C23H31P/c1-8-9-10-11-21-16(3)14-19(6)23(20(21)7)24-22-17(4)12-15(2)13-18(22)5/h8,12-14,24H,1,9-11H2,2-7H3. The molecule has 128 valence electrons. The first-order valence-corrected chi connectivity index (χ1v) is 9.90. The minimum absolute atomic E-state index is 0.746. The number of unbranched alkanes of at least 4 members (excludes halogenated alkanes) is 1. The van der Waals surface area contributed by atoms with Gasteiger partial charge in [-0.05, 0) is 105 Å². The van der Waals surface area contributed by atoms with E-state index in [1.807, 2.05) is 6.08 Å². The topological polar surface area (TPSA) is 0 Å². The Morgan fingerprint density at radius 2 is 1.42 bits per heavy atom. The molecule has 0 saturated heterocycles. The molecule has 24 heavy (non-hydrogen) atoms. The third-order valence-corrected chi connectivity index (χ3v) is 6.95. The van der Waals surface area contributed by atoms with Crippen LogP contribution in [-0.2, 0) is 6.42 Å². The first kappa shape index (κ1) is 18.9. The Morgan fingerprint density at radius 3 is 2.00 bits per heavy atom. The molecule has 1 heteroatoms. The molecule has 2 rings (SSSR count). The molecule has 0 radical (unpaired) electrons. The second kappa shape index (κ2) is 8.13. The molecule has 2 aromatic rings. The van der Waals surface area contributed by atoms with E-state index in [0.29, 0.717) is 0 Å². The molecule has 0 aliphatic rings. The van der Waals surface area contributed by atoms with Gasteiger partial charge in [0, 0.05) is 0 Å². The van der Waals surface area contributed by atoms with E-state index in [2.05, 4.69) is 66.3 Å². The van der Waals surface area contributed by atoms with Crippen LogP contribution in [0.25, 0.3) is 0 Å². The van der Waals surface area contributed by atoms with Crippen LogP contribution in [-0.4, -0.2) is 0 Å². The molecular weight excluding hydrogens is 307 g/mol. The molecule has 2 aromatic carbocycles. The van der Waals surface area contributed by atoms with Crippen LogP contribution >= 0.6 is 8.58 Å². The lowest BCUT2D eigenvalue weighted by atomic mass is 9.95. The van der Waals surface area contributed by atoms with Crippen LogP contribution in [0.2, 0.25) is 0 Å². The van der Waals surface area contributed by atoms with Crippen molar-refractivity contribution in [1.29, 1.82) is 0 Å². The Kier molecular flexibility index (Phi) is 6.41. The van der Waals surface area contributed by atoms with E-state index >= 15 is 0 Å². The lowest BCUT2D eigenvalue weighted by Crippen LogP contribution is -2.17. The van der Waals surface area contributed by atoms with Crippen molar-refractivity contribution in [3.63, 3.8) is 0 Å². The lowest BCUT2D eigenvalue weighted by molar-refractivity contribution is 0.833. The van der Waals surface area contributed by atoms with E-state index in [4.69, 9.17) is 0 Å². The second-order valence-electron chi connectivity index (χ2n) is 7.07. The first-order valence-electron chi connectivity index (χ1n) is 8.90. The van der Waals surface area contributed by atoms with Crippen molar-refractivity contribution in [2.45, 2.75) is 60.8 Å². The van der Waals surface area contributed by atoms with Gasteiger partial charge in [-0.1, -0.05) is 38.4 Å². The van der Waals surface area contributed by atoms with Crippen LogP contribution in [0, 0.1) is 41.5 Å². The van der Waals surface area contributed by atoms with Crippen molar-refractivity contribution in [3.05, 3.63) is 69.8 Å². The molecule has 0 spiro atoms. The van der Waals surface area contributed by atoms with Gasteiger partial charge in [-0.2, -0.15) is 0 Å². The zero-order valence-corrected chi connectivity index (χ0v) is 17.1. The Bertz CT molecular complexity index is 730. The monoisotopic (exact) mass is 338 g/mol. The molecule has 0 heterocycles. The predicted molar refractivity (Wildman–Crippen MR) is 112 cm³/mol. The van der Waals surface area contributed by atoms with Gasteiger partial charge in [-0.3, -0.25) is 0 Å². The van der Waals surface area contributed by atoms with Crippen LogP contribution in [0.5, 0.6) is 0 Å². The van der Waals surface area contributed by atoms with Crippen LogP contribution < -0.4 is 10.6 Å². The van der Waals surface area contributed by atoms with Crippen LogP contribution in [0.3, 0.4) is 0 Å². The summed E-state index contributed by atoms with van der Waals surface area (Å²) >= 11 is 0. The van der Waals surface area contributed by atoms with E-state index in [0.717, 1.165) is 21.4 Å². The van der Waals surface area contributed by atoms with Gasteiger partial charge in [0.05, 0.1) is 0 Å². The fourth-order valence-electron chi connectivity index (χ4n) is 3.73. The molecule has 0 aromatic heterocycles. The van der Waals surface area contributed by atoms with Gasteiger partial charge in [0.25, 0.3) is 0 Å². The van der Waals surface area contributed by atoms with Crippen molar-refractivity contribution < 1.29 is 0 Å². The summed E-state index contributed by atoms with van der Waals surface area (Å²) in [5, 5.41) is 3.07. The highest BCUT2D eigenvalue weighted by molar-refractivity contribution is 7.56. The summed E-state index contributed by atoms with van der Waals surface area (Å²) in [7, 11) is 0.746. The zero-order chi connectivity index (χ0) is 17.9. The number of allylic oxidation sites excluding steroid dienone is 1. The SMILES string of the molecule is C=CCCCc1c(C)cc(C)c(Pc2c(C)cc(C)cc2C)c1C. The highest BCUT2D eigenvalue weighted by Crippen LogP contribution is 2.26. The smallest absolute Gasteiger partial charge is 0.0165 e. The van der Waals surface area contributed by atoms with E-state index in [-0.39, 0.29) is 0 Å². The average molecular weight is 338 g/mol. The third kappa shape index (κ3) is 4.17. The molecule has 0 N–H and O–H groups in total. The number of rotatable bonds is 6. The third-order valence-electron chi connectivity index (χ3n) is 4.89. The van der Waals surface area contributed by atoms with E-state index < -0.39 is 0 Å². The fourth-order valence-corrected chi connectivity index (χ4v) is 5.13. The van der Waals surface area contributed by atoms with Gasteiger partial charge < -0.3 is 0 Å². The molecule has 0 saturated carbocycles. The Morgan fingerprint density at radius 1 is 0.833 bits per heavy atom. The summed E-state index contributed by atoms with van der Waals surface area (Å²) in [5.74, 6) is 0. The molecule has 1 unspecified atom stereocenters. The molecule has 0 amide bonds. The summed E-state index contributed by atoms with van der Waals surface area (Å²) in [5.41, 5.74) is 10.2. The molecular formula is C23H31P. The lowest BCUT2D eigenvalue weighted by Gasteiger charge is -2.19. The minimum atomic E-state index is 0.746.